The second-order valence-corrected chi connectivity index (χ2v) is 9.78. The van der Waals surface area contributed by atoms with Gasteiger partial charge in [0.1, 0.15) is 5.82 Å². The third kappa shape index (κ3) is 7.06. The average molecular weight is 554 g/mol. The van der Waals surface area contributed by atoms with E-state index in [0.717, 1.165) is 32.2 Å². The molecule has 3 aromatic rings. The summed E-state index contributed by atoms with van der Waals surface area (Å²) >= 11 is 12.0. The summed E-state index contributed by atoms with van der Waals surface area (Å²) < 4.78 is 13.8. The van der Waals surface area contributed by atoms with E-state index in [1.807, 2.05) is 12.1 Å². The lowest BCUT2D eigenvalue weighted by molar-refractivity contribution is -0.117. The van der Waals surface area contributed by atoms with E-state index in [1.165, 1.54) is 18.2 Å². The third-order valence-electron chi connectivity index (χ3n) is 6.17. The molecule has 1 atom stereocenters. The summed E-state index contributed by atoms with van der Waals surface area (Å²) in [6.45, 7) is 2.41. The van der Waals surface area contributed by atoms with Gasteiger partial charge in [-0.2, -0.15) is 0 Å². The molecule has 198 valence electrons. The largest absolute Gasteiger partial charge is 0.332 e. The van der Waals surface area contributed by atoms with Crippen LogP contribution in [0.2, 0.25) is 5.02 Å². The lowest BCUT2D eigenvalue weighted by Crippen LogP contribution is -2.48. The van der Waals surface area contributed by atoms with Crippen LogP contribution in [0, 0.1) is 5.82 Å². The summed E-state index contributed by atoms with van der Waals surface area (Å²) in [7, 11) is 0. The molecule has 4 rings (SSSR count). The van der Waals surface area contributed by atoms with Gasteiger partial charge in [0.15, 0.2) is 5.11 Å². The van der Waals surface area contributed by atoms with Crippen LogP contribution >= 0.6 is 23.8 Å². The molecule has 1 aliphatic heterocycles. The van der Waals surface area contributed by atoms with E-state index in [1.54, 1.807) is 48.2 Å². The Morgan fingerprint density at radius 1 is 0.947 bits per heavy atom. The highest BCUT2D eigenvalue weighted by atomic mass is 35.5. The zero-order valence-corrected chi connectivity index (χ0v) is 22.5. The number of thiocarbonyl (C=S) groups is 1. The third-order valence-corrected chi connectivity index (χ3v) is 6.68. The first-order valence-electron chi connectivity index (χ1n) is 12.4. The van der Waals surface area contributed by atoms with E-state index in [-0.39, 0.29) is 17.6 Å². The SMILES string of the molecule is CC(=O)N(c1ccc(NC(=S)Nc2ccc(NC(=O)c3ccccc3F)cc2)cc1Cl)C1CCCCCN1. The highest BCUT2D eigenvalue weighted by molar-refractivity contribution is 7.80. The number of rotatable bonds is 6. The van der Waals surface area contributed by atoms with Gasteiger partial charge in [0.25, 0.3) is 5.91 Å². The fraction of sp³-hybridized carbons (Fsp3) is 0.250. The quantitative estimate of drug-likeness (QED) is 0.265. The number of carbonyl (C=O) groups excluding carboxylic acids is 2. The second kappa shape index (κ2) is 12.8. The van der Waals surface area contributed by atoms with Gasteiger partial charge in [-0.25, -0.2) is 4.39 Å². The maximum absolute atomic E-state index is 13.8. The zero-order valence-electron chi connectivity index (χ0n) is 20.9. The number of nitrogens with zero attached hydrogens (tertiary/aromatic N) is 1. The van der Waals surface area contributed by atoms with Gasteiger partial charge in [-0.3, -0.25) is 19.8 Å². The van der Waals surface area contributed by atoms with Crippen molar-refractivity contribution in [2.75, 3.05) is 27.4 Å². The number of benzene rings is 3. The van der Waals surface area contributed by atoms with Crippen molar-refractivity contribution in [1.82, 2.24) is 5.32 Å². The van der Waals surface area contributed by atoms with Crippen LogP contribution in [0.5, 0.6) is 0 Å². The van der Waals surface area contributed by atoms with Crippen LogP contribution in [0.15, 0.2) is 66.7 Å². The predicted octanol–water partition coefficient (Wildman–Crippen LogP) is 6.38. The summed E-state index contributed by atoms with van der Waals surface area (Å²) in [5.41, 5.74) is 2.50. The van der Waals surface area contributed by atoms with Crippen LogP contribution in [-0.4, -0.2) is 29.6 Å². The van der Waals surface area contributed by atoms with Crippen LogP contribution in [-0.2, 0) is 4.79 Å². The summed E-state index contributed by atoms with van der Waals surface area (Å²) in [5.74, 6) is -1.18. The predicted molar refractivity (Wildman–Crippen MR) is 156 cm³/mol. The van der Waals surface area contributed by atoms with E-state index < -0.39 is 11.7 Å². The van der Waals surface area contributed by atoms with E-state index in [0.29, 0.717) is 32.9 Å². The number of halogens is 2. The lowest BCUT2D eigenvalue weighted by atomic mass is 10.1. The minimum Gasteiger partial charge on any atom is -0.332 e. The molecule has 1 fully saturated rings. The molecule has 0 spiro atoms. The van der Waals surface area contributed by atoms with Gasteiger partial charge in [0.2, 0.25) is 5.91 Å². The summed E-state index contributed by atoms with van der Waals surface area (Å²) in [5, 5.41) is 13.1. The Morgan fingerprint density at radius 2 is 1.61 bits per heavy atom. The maximum atomic E-state index is 13.8. The van der Waals surface area contributed by atoms with Crippen molar-refractivity contribution in [3.8, 4) is 0 Å². The molecule has 0 bridgehead atoms. The fourth-order valence-electron chi connectivity index (χ4n) is 4.34. The number of carbonyl (C=O) groups is 2. The highest BCUT2D eigenvalue weighted by Gasteiger charge is 2.25. The Labute approximate surface area is 231 Å². The molecule has 0 radical (unpaired) electrons. The van der Waals surface area contributed by atoms with Gasteiger partial charge in [0, 0.05) is 24.0 Å². The van der Waals surface area contributed by atoms with Crippen molar-refractivity contribution in [2.24, 2.45) is 0 Å². The van der Waals surface area contributed by atoms with Gasteiger partial charge in [0.05, 0.1) is 22.4 Å². The lowest BCUT2D eigenvalue weighted by Gasteiger charge is -2.31. The molecular weight excluding hydrogens is 525 g/mol. The van der Waals surface area contributed by atoms with Crippen molar-refractivity contribution in [3.63, 3.8) is 0 Å². The van der Waals surface area contributed by atoms with Gasteiger partial charge in [-0.05, 0) is 92.6 Å². The number of hydrogen-bond donors (Lipinski definition) is 4. The molecule has 2 amide bonds. The van der Waals surface area contributed by atoms with Crippen LogP contribution in [0.25, 0.3) is 0 Å². The van der Waals surface area contributed by atoms with E-state index in [4.69, 9.17) is 23.8 Å². The van der Waals surface area contributed by atoms with E-state index >= 15 is 0 Å². The number of amides is 2. The molecule has 1 saturated heterocycles. The monoisotopic (exact) mass is 553 g/mol. The van der Waals surface area contributed by atoms with Crippen molar-refractivity contribution < 1.29 is 14.0 Å². The molecule has 0 aliphatic carbocycles. The first-order valence-corrected chi connectivity index (χ1v) is 13.2. The molecule has 1 heterocycles. The van der Waals surface area contributed by atoms with Crippen LogP contribution in [0.1, 0.15) is 43.0 Å². The van der Waals surface area contributed by atoms with Crippen LogP contribution in [0.4, 0.5) is 27.1 Å². The Morgan fingerprint density at radius 3 is 2.29 bits per heavy atom. The van der Waals surface area contributed by atoms with Crippen molar-refractivity contribution in [3.05, 3.63) is 83.1 Å². The van der Waals surface area contributed by atoms with Crippen LogP contribution in [0.3, 0.4) is 0 Å². The Bertz CT molecular complexity index is 1310. The molecule has 0 saturated carbocycles. The Kier molecular flexibility index (Phi) is 9.28. The molecule has 0 aromatic heterocycles. The van der Waals surface area contributed by atoms with Crippen molar-refractivity contribution >= 4 is 63.5 Å². The first-order chi connectivity index (χ1) is 18.3. The summed E-state index contributed by atoms with van der Waals surface area (Å²) in [4.78, 5) is 26.5. The summed E-state index contributed by atoms with van der Waals surface area (Å²) in [6.07, 6.45) is 4.07. The Balaban J connectivity index is 1.36. The molecule has 1 aliphatic rings. The number of anilines is 4. The zero-order chi connectivity index (χ0) is 27.1. The highest BCUT2D eigenvalue weighted by Crippen LogP contribution is 2.31. The Hall–Kier alpha value is -3.53. The van der Waals surface area contributed by atoms with Crippen LogP contribution < -0.4 is 26.2 Å². The van der Waals surface area contributed by atoms with E-state index in [9.17, 15) is 14.0 Å². The average Bonchev–Trinajstić information content (AvgIpc) is 3.16. The van der Waals surface area contributed by atoms with Gasteiger partial charge in [-0.15, -0.1) is 0 Å². The second-order valence-electron chi connectivity index (χ2n) is 8.96. The summed E-state index contributed by atoms with van der Waals surface area (Å²) in [6, 6.07) is 18.0. The van der Waals surface area contributed by atoms with E-state index in [2.05, 4.69) is 21.3 Å². The van der Waals surface area contributed by atoms with Gasteiger partial charge in [-0.1, -0.05) is 30.2 Å². The smallest absolute Gasteiger partial charge is 0.258 e. The minimum atomic E-state index is -0.581. The molecule has 3 aromatic carbocycles. The fourth-order valence-corrected chi connectivity index (χ4v) is 4.85. The first kappa shape index (κ1) is 27.5. The molecular formula is C28H29ClFN5O2S. The minimum absolute atomic E-state index is 0.0262. The van der Waals surface area contributed by atoms with Gasteiger partial charge >= 0.3 is 0 Å². The number of hydrogen-bond acceptors (Lipinski definition) is 4. The molecule has 1 unspecified atom stereocenters. The molecule has 38 heavy (non-hydrogen) atoms. The van der Waals surface area contributed by atoms with Crippen molar-refractivity contribution in [2.45, 2.75) is 38.8 Å². The standard InChI is InChI=1S/C28H29ClFN5O2S/c1-18(36)35(26-9-3-2-6-16-31-26)25-15-14-21(17-23(25)29)34-28(38)33-20-12-10-19(11-13-20)32-27(37)22-7-4-5-8-24(22)30/h4-5,7-8,10-15,17,26,31H,2-3,6,9,16H2,1H3,(H,32,37)(H2,33,34,38). The van der Waals surface area contributed by atoms with Crippen molar-refractivity contribution in [1.29, 1.82) is 0 Å². The molecule has 10 heteroatoms. The van der Waals surface area contributed by atoms with Gasteiger partial charge < -0.3 is 16.0 Å². The number of nitrogens with one attached hydrogen (secondary N) is 4. The molecule has 7 nitrogen and oxygen atoms in total. The topological polar surface area (TPSA) is 85.5 Å². The normalized spacial score (nSPS) is 15.2. The molecule has 4 N–H and O–H groups in total. The maximum Gasteiger partial charge on any atom is 0.258 e.